The quantitative estimate of drug-likeness (QED) is 0.277. The number of aromatic nitrogens is 5. The number of hydrogen-bond donors (Lipinski definition) is 1. The number of amides is 1. The van der Waals surface area contributed by atoms with E-state index in [2.05, 4.69) is 25.4 Å². The Morgan fingerprint density at radius 2 is 1.87 bits per heavy atom. The van der Waals surface area contributed by atoms with Gasteiger partial charge in [0, 0.05) is 41.3 Å². The number of anilines is 1. The van der Waals surface area contributed by atoms with Gasteiger partial charge in [0.15, 0.2) is 0 Å². The van der Waals surface area contributed by atoms with Gasteiger partial charge >= 0.3 is 0 Å². The van der Waals surface area contributed by atoms with Crippen molar-refractivity contribution in [3.8, 4) is 22.6 Å². The molecular weight excluding hydrogens is 495 g/mol. The molecule has 0 spiro atoms. The zero-order valence-electron chi connectivity index (χ0n) is 22.5. The van der Waals surface area contributed by atoms with Gasteiger partial charge in [0.05, 0.1) is 29.4 Å². The van der Waals surface area contributed by atoms with Crippen molar-refractivity contribution < 1.29 is 13.9 Å². The van der Waals surface area contributed by atoms with E-state index in [1.165, 1.54) is 12.4 Å². The van der Waals surface area contributed by atoms with Crippen LogP contribution < -0.4 is 10.1 Å². The van der Waals surface area contributed by atoms with E-state index in [1.54, 1.807) is 41.6 Å². The second-order valence-electron chi connectivity index (χ2n) is 10.4. The first-order valence-electron chi connectivity index (χ1n) is 12.6. The predicted octanol–water partition coefficient (Wildman–Crippen LogP) is 6.37. The molecule has 0 radical (unpaired) electrons. The van der Waals surface area contributed by atoms with Crippen LogP contribution in [0.1, 0.15) is 37.6 Å². The summed E-state index contributed by atoms with van der Waals surface area (Å²) in [7, 11) is 0. The highest BCUT2D eigenvalue weighted by atomic mass is 19.1. The number of nitrogens with zero attached hydrogens (tertiary/aromatic N) is 5. The second-order valence-corrected chi connectivity index (χ2v) is 10.4. The first kappa shape index (κ1) is 26.0. The predicted molar refractivity (Wildman–Crippen MR) is 148 cm³/mol. The lowest BCUT2D eigenvalue weighted by molar-refractivity contribution is -0.115. The number of halogens is 1. The standard InChI is InChI=1S/C30H29FN6O2/c1-18-10-21(12-29(38)36-22-14-35-37(16-22)30(3,4)5)25(31)13-28(18)39-27-8-9-33-26-7-6-20(11-23(26)27)24-15-32-17-34-19(24)2/h6-11,13-17H,12H2,1-5H3,(H,36,38). The maximum absolute atomic E-state index is 15.1. The lowest BCUT2D eigenvalue weighted by Crippen LogP contribution is -2.22. The van der Waals surface area contributed by atoms with Crippen LogP contribution in [0.3, 0.4) is 0 Å². The Kier molecular flexibility index (Phi) is 6.82. The maximum Gasteiger partial charge on any atom is 0.228 e. The molecule has 0 unspecified atom stereocenters. The van der Waals surface area contributed by atoms with Gasteiger partial charge in [0.1, 0.15) is 23.6 Å². The van der Waals surface area contributed by atoms with Crippen LogP contribution in [0.25, 0.3) is 22.0 Å². The van der Waals surface area contributed by atoms with Crippen molar-refractivity contribution in [3.05, 3.63) is 90.2 Å². The van der Waals surface area contributed by atoms with Crippen LogP contribution in [-0.2, 0) is 16.8 Å². The molecule has 198 valence electrons. The third-order valence-corrected chi connectivity index (χ3v) is 6.39. The minimum absolute atomic E-state index is 0.117. The topological polar surface area (TPSA) is 94.8 Å². The molecule has 0 fully saturated rings. The Hall–Kier alpha value is -4.66. The summed E-state index contributed by atoms with van der Waals surface area (Å²) in [5, 5.41) is 7.85. The zero-order valence-corrected chi connectivity index (χ0v) is 22.5. The number of ether oxygens (including phenoxy) is 1. The highest BCUT2D eigenvalue weighted by molar-refractivity contribution is 5.92. The van der Waals surface area contributed by atoms with Crippen LogP contribution in [0.4, 0.5) is 10.1 Å². The van der Waals surface area contributed by atoms with Gasteiger partial charge in [-0.3, -0.25) is 14.5 Å². The van der Waals surface area contributed by atoms with Gasteiger partial charge in [-0.25, -0.2) is 14.4 Å². The number of rotatable bonds is 6. The molecule has 0 aliphatic rings. The summed E-state index contributed by atoms with van der Waals surface area (Å²) in [4.78, 5) is 25.5. The Morgan fingerprint density at radius 1 is 1.05 bits per heavy atom. The minimum Gasteiger partial charge on any atom is -0.456 e. The number of carbonyl (C=O) groups is 1. The molecule has 39 heavy (non-hydrogen) atoms. The van der Waals surface area contributed by atoms with Crippen LogP contribution >= 0.6 is 0 Å². The molecule has 9 heteroatoms. The van der Waals surface area contributed by atoms with Gasteiger partial charge in [0.25, 0.3) is 0 Å². The molecular formula is C30H29FN6O2. The van der Waals surface area contributed by atoms with Crippen LogP contribution in [0.15, 0.2) is 67.5 Å². The third-order valence-electron chi connectivity index (χ3n) is 6.39. The van der Waals surface area contributed by atoms with E-state index in [0.29, 0.717) is 22.7 Å². The second kappa shape index (κ2) is 10.2. The lowest BCUT2D eigenvalue weighted by atomic mass is 10.0. The van der Waals surface area contributed by atoms with Crippen molar-refractivity contribution in [2.75, 3.05) is 5.32 Å². The molecule has 0 saturated heterocycles. The molecule has 2 aromatic carbocycles. The summed E-state index contributed by atoms with van der Waals surface area (Å²) in [6.07, 6.45) is 8.16. The fraction of sp³-hybridized carbons (Fsp3) is 0.233. The first-order valence-corrected chi connectivity index (χ1v) is 12.6. The van der Waals surface area contributed by atoms with E-state index in [1.807, 2.05) is 52.8 Å². The molecule has 0 saturated carbocycles. The number of aryl methyl sites for hydroxylation is 2. The van der Waals surface area contributed by atoms with E-state index in [9.17, 15) is 4.79 Å². The molecule has 0 aliphatic carbocycles. The van der Waals surface area contributed by atoms with Gasteiger partial charge in [-0.05, 0) is 75.6 Å². The highest BCUT2D eigenvalue weighted by Crippen LogP contribution is 2.34. The number of pyridine rings is 1. The monoisotopic (exact) mass is 524 g/mol. The summed E-state index contributed by atoms with van der Waals surface area (Å²) in [5.41, 5.74) is 4.77. The molecule has 3 aromatic heterocycles. The molecule has 5 rings (SSSR count). The van der Waals surface area contributed by atoms with E-state index in [4.69, 9.17) is 4.74 Å². The van der Waals surface area contributed by atoms with Crippen LogP contribution in [-0.4, -0.2) is 30.6 Å². The molecule has 0 bridgehead atoms. The lowest BCUT2D eigenvalue weighted by Gasteiger charge is -2.18. The Bertz CT molecular complexity index is 1690. The van der Waals surface area contributed by atoms with Crippen LogP contribution in [0.2, 0.25) is 0 Å². The smallest absolute Gasteiger partial charge is 0.228 e. The van der Waals surface area contributed by atoms with Crippen molar-refractivity contribution >= 4 is 22.5 Å². The Morgan fingerprint density at radius 3 is 2.62 bits per heavy atom. The van der Waals surface area contributed by atoms with Gasteiger partial charge in [-0.2, -0.15) is 5.10 Å². The molecule has 3 heterocycles. The van der Waals surface area contributed by atoms with E-state index >= 15 is 4.39 Å². The van der Waals surface area contributed by atoms with Crippen molar-refractivity contribution in [2.24, 2.45) is 0 Å². The van der Waals surface area contributed by atoms with Gasteiger partial charge < -0.3 is 10.1 Å². The highest BCUT2D eigenvalue weighted by Gasteiger charge is 2.17. The Balaban J connectivity index is 1.37. The normalized spacial score (nSPS) is 11.5. The van der Waals surface area contributed by atoms with Crippen molar-refractivity contribution in [2.45, 2.75) is 46.6 Å². The maximum atomic E-state index is 15.1. The van der Waals surface area contributed by atoms with Crippen molar-refractivity contribution in [1.29, 1.82) is 0 Å². The number of nitrogens with one attached hydrogen (secondary N) is 1. The largest absolute Gasteiger partial charge is 0.456 e. The third kappa shape index (κ3) is 5.62. The summed E-state index contributed by atoms with van der Waals surface area (Å²) in [6, 6.07) is 10.5. The summed E-state index contributed by atoms with van der Waals surface area (Å²) in [5.74, 6) is 0.0518. The van der Waals surface area contributed by atoms with Crippen molar-refractivity contribution in [1.82, 2.24) is 24.7 Å². The molecule has 0 aliphatic heterocycles. The van der Waals surface area contributed by atoms with Gasteiger partial charge in [-0.1, -0.05) is 6.07 Å². The first-order chi connectivity index (χ1) is 18.6. The van der Waals surface area contributed by atoms with E-state index in [-0.39, 0.29) is 23.4 Å². The summed E-state index contributed by atoms with van der Waals surface area (Å²) >= 11 is 0. The zero-order chi connectivity index (χ0) is 27.7. The summed E-state index contributed by atoms with van der Waals surface area (Å²) in [6.45, 7) is 9.79. The molecule has 8 nitrogen and oxygen atoms in total. The molecule has 5 aromatic rings. The van der Waals surface area contributed by atoms with Gasteiger partial charge in [-0.15, -0.1) is 0 Å². The average Bonchev–Trinajstić information content (AvgIpc) is 3.36. The van der Waals surface area contributed by atoms with Crippen LogP contribution in [0.5, 0.6) is 11.5 Å². The van der Waals surface area contributed by atoms with E-state index < -0.39 is 5.82 Å². The van der Waals surface area contributed by atoms with Gasteiger partial charge in [0.2, 0.25) is 5.91 Å². The van der Waals surface area contributed by atoms with Crippen molar-refractivity contribution in [3.63, 3.8) is 0 Å². The number of carbonyl (C=O) groups excluding carboxylic acids is 1. The van der Waals surface area contributed by atoms with E-state index in [0.717, 1.165) is 27.7 Å². The molecule has 1 amide bonds. The summed E-state index contributed by atoms with van der Waals surface area (Å²) < 4.78 is 23.1. The number of hydrogen-bond acceptors (Lipinski definition) is 6. The minimum atomic E-state index is -0.521. The average molecular weight is 525 g/mol. The number of benzene rings is 2. The fourth-order valence-electron chi connectivity index (χ4n) is 4.27. The Labute approximate surface area is 225 Å². The fourth-order valence-corrected chi connectivity index (χ4v) is 4.27. The van der Waals surface area contributed by atoms with Crippen LogP contribution in [0, 0.1) is 19.7 Å². The SMILES string of the molecule is Cc1cc(CC(=O)Nc2cnn(C(C)(C)C)c2)c(F)cc1Oc1ccnc2ccc(-c3cncnc3C)cc12. The molecule has 1 N–H and O–H groups in total. The molecule has 0 atom stereocenters. The number of fused-ring (bicyclic) bond motifs is 1.